The van der Waals surface area contributed by atoms with Crippen molar-refractivity contribution in [2.75, 3.05) is 13.2 Å². The van der Waals surface area contributed by atoms with E-state index < -0.39 is 49.0 Å². The molecule has 2 unspecified atom stereocenters. The molecule has 5 aliphatic rings. The van der Waals surface area contributed by atoms with Gasteiger partial charge in [-0.05, 0) is 112 Å². The smallest absolute Gasteiger partial charge is 0.302 e. The number of allylic oxidation sites excluding steroid dienone is 1. The maximum Gasteiger partial charge on any atom is 0.302 e. The third kappa shape index (κ3) is 6.22. The monoisotopic (exact) mass is 680 g/mol. The Kier molecular flexibility index (Phi) is 10.7. The number of aliphatic hydroxyl groups excluding tert-OH is 5. The Balaban J connectivity index is 1.24. The summed E-state index contributed by atoms with van der Waals surface area (Å²) in [6.45, 7) is 16.6. The molecular formula is C38H64O10. The highest BCUT2D eigenvalue weighted by Gasteiger charge is 2.71. The number of aliphatic hydroxyl groups is 6. The van der Waals surface area contributed by atoms with Gasteiger partial charge < -0.3 is 44.8 Å². The summed E-state index contributed by atoms with van der Waals surface area (Å²) in [6, 6.07) is 0. The first-order valence-corrected chi connectivity index (χ1v) is 18.4. The molecule has 4 aliphatic carbocycles. The SMILES string of the molecule is CC(=O)OC1CC[C@]2(C)[C@H]3CC[C@@H]4[C@@H]([C@@](C)(O)CC/C=C(\C)CO[C@@H]5O[C@H](CO)[C@@H](O)[C@H](O)[C@H]5O)CC[C@@]4(C)[C@]3(C)CC(O)[C@H]2C1(C)C. The molecule has 5 fully saturated rings. The molecule has 4 saturated carbocycles. The summed E-state index contributed by atoms with van der Waals surface area (Å²) in [5.41, 5.74) is -0.469. The largest absolute Gasteiger partial charge is 0.462 e. The minimum absolute atomic E-state index is 0.0125. The molecule has 276 valence electrons. The van der Waals surface area contributed by atoms with Crippen molar-refractivity contribution in [2.24, 2.45) is 45.3 Å². The maximum atomic E-state index is 12.0. The number of hydrogen-bond acceptors (Lipinski definition) is 10. The molecule has 0 aromatic rings. The highest BCUT2D eigenvalue weighted by atomic mass is 16.7. The van der Waals surface area contributed by atoms with E-state index in [1.165, 1.54) is 6.92 Å². The van der Waals surface area contributed by atoms with Crippen molar-refractivity contribution in [1.29, 1.82) is 0 Å². The average molecular weight is 681 g/mol. The Hall–Kier alpha value is -1.11. The summed E-state index contributed by atoms with van der Waals surface area (Å²) in [5, 5.41) is 63.8. The average Bonchev–Trinajstić information content (AvgIpc) is 3.36. The Bertz CT molecular complexity index is 1200. The quantitative estimate of drug-likeness (QED) is 0.156. The first kappa shape index (κ1) is 38.1. The van der Waals surface area contributed by atoms with Crippen LogP contribution in [0.5, 0.6) is 0 Å². The van der Waals surface area contributed by atoms with Gasteiger partial charge in [-0.2, -0.15) is 0 Å². The van der Waals surface area contributed by atoms with Crippen LogP contribution in [0.15, 0.2) is 11.6 Å². The third-order valence-corrected chi connectivity index (χ3v) is 14.8. The van der Waals surface area contributed by atoms with Gasteiger partial charge in [-0.25, -0.2) is 0 Å². The second-order valence-electron chi connectivity index (χ2n) is 17.9. The predicted octanol–water partition coefficient (Wildman–Crippen LogP) is 3.87. The van der Waals surface area contributed by atoms with E-state index in [-0.39, 0.29) is 52.2 Å². The van der Waals surface area contributed by atoms with Crippen LogP contribution in [0.25, 0.3) is 0 Å². The molecule has 48 heavy (non-hydrogen) atoms. The van der Waals surface area contributed by atoms with E-state index in [2.05, 4.69) is 34.6 Å². The number of fused-ring (bicyclic) bond motifs is 5. The minimum Gasteiger partial charge on any atom is -0.462 e. The number of hydrogen-bond donors (Lipinski definition) is 6. The molecular weight excluding hydrogens is 616 g/mol. The van der Waals surface area contributed by atoms with Gasteiger partial charge in [0.05, 0.1) is 24.9 Å². The number of esters is 1. The molecule has 1 saturated heterocycles. The zero-order valence-electron chi connectivity index (χ0n) is 30.5. The van der Waals surface area contributed by atoms with Gasteiger partial charge in [-0.1, -0.05) is 46.3 Å². The van der Waals surface area contributed by atoms with E-state index in [1.54, 1.807) is 0 Å². The van der Waals surface area contributed by atoms with Crippen molar-refractivity contribution >= 4 is 5.97 Å². The van der Waals surface area contributed by atoms with Crippen LogP contribution in [0.4, 0.5) is 0 Å². The summed E-state index contributed by atoms with van der Waals surface area (Å²) in [6.07, 6.45) is 2.64. The van der Waals surface area contributed by atoms with Crippen LogP contribution < -0.4 is 0 Å². The summed E-state index contributed by atoms with van der Waals surface area (Å²) in [4.78, 5) is 12.0. The predicted molar refractivity (Wildman–Crippen MR) is 179 cm³/mol. The van der Waals surface area contributed by atoms with Gasteiger partial charge in [0.15, 0.2) is 6.29 Å². The first-order chi connectivity index (χ1) is 22.2. The first-order valence-electron chi connectivity index (χ1n) is 18.4. The lowest BCUT2D eigenvalue weighted by atomic mass is 9.35. The van der Waals surface area contributed by atoms with Gasteiger partial charge in [0.25, 0.3) is 0 Å². The minimum atomic E-state index is -1.48. The lowest BCUT2D eigenvalue weighted by Crippen LogP contribution is -2.68. The van der Waals surface area contributed by atoms with Crippen LogP contribution >= 0.6 is 0 Å². The van der Waals surface area contributed by atoms with Crippen molar-refractivity contribution in [1.82, 2.24) is 0 Å². The van der Waals surface area contributed by atoms with Gasteiger partial charge in [0, 0.05) is 12.3 Å². The second-order valence-corrected chi connectivity index (χ2v) is 17.9. The molecule has 0 radical (unpaired) electrons. The summed E-state index contributed by atoms with van der Waals surface area (Å²) >= 11 is 0. The third-order valence-electron chi connectivity index (χ3n) is 14.8. The standard InChI is InChI=1S/C38H64O10/c1-21(20-46-33-31(44)30(43)29(42)26(19-39)48-33)10-9-15-38(8,45)24-13-17-36(6)23(24)11-12-27-35(5)16-14-28(47-22(2)40)34(3,4)32(35)25(41)18-37(27,36)7/h10,23-33,39,41-45H,9,11-20H2,1-8H3/b21-10+/t23-,24+,25?,26-,27-,28?,29-,30+,31-,32+,33-,35-,36-,37-,38+/m1/s1. The molecule has 5 rings (SSSR count). The van der Waals surface area contributed by atoms with Crippen LogP contribution in [0.3, 0.4) is 0 Å². The van der Waals surface area contributed by atoms with Gasteiger partial charge >= 0.3 is 5.97 Å². The normalized spacial score (nSPS) is 48.5. The van der Waals surface area contributed by atoms with Crippen molar-refractivity contribution in [2.45, 2.75) is 162 Å². The Morgan fingerprint density at radius 1 is 0.938 bits per heavy atom. The summed E-state index contributed by atoms with van der Waals surface area (Å²) in [7, 11) is 0. The van der Waals surface area contributed by atoms with Crippen LogP contribution in [-0.4, -0.2) is 98.3 Å². The van der Waals surface area contributed by atoms with Crippen molar-refractivity contribution < 1.29 is 49.6 Å². The highest BCUT2D eigenvalue weighted by molar-refractivity contribution is 5.66. The molecule has 10 nitrogen and oxygen atoms in total. The van der Waals surface area contributed by atoms with Crippen molar-refractivity contribution in [3.63, 3.8) is 0 Å². The van der Waals surface area contributed by atoms with E-state index in [9.17, 15) is 35.4 Å². The molecule has 0 aromatic carbocycles. The molecule has 0 aromatic heterocycles. The number of carbonyl (C=O) groups excluding carboxylic acids is 1. The van der Waals surface area contributed by atoms with Crippen LogP contribution in [0.2, 0.25) is 0 Å². The number of carbonyl (C=O) groups is 1. The molecule has 0 amide bonds. The molecule has 15 atom stereocenters. The lowest BCUT2D eigenvalue weighted by Gasteiger charge is -2.71. The molecule has 0 spiro atoms. The van der Waals surface area contributed by atoms with Crippen LogP contribution in [0, 0.1) is 45.3 Å². The van der Waals surface area contributed by atoms with E-state index in [0.717, 1.165) is 50.5 Å². The fraction of sp³-hybridized carbons (Fsp3) is 0.921. The van der Waals surface area contributed by atoms with Crippen molar-refractivity contribution in [3.05, 3.63) is 11.6 Å². The summed E-state index contributed by atoms with van der Waals surface area (Å²) in [5.74, 6) is 0.733. The Morgan fingerprint density at radius 2 is 1.62 bits per heavy atom. The Labute approximate surface area is 287 Å². The van der Waals surface area contributed by atoms with Crippen LogP contribution in [-0.2, 0) is 19.0 Å². The van der Waals surface area contributed by atoms with E-state index in [0.29, 0.717) is 24.7 Å². The zero-order chi connectivity index (χ0) is 35.6. The molecule has 1 heterocycles. The van der Waals surface area contributed by atoms with E-state index >= 15 is 0 Å². The molecule has 6 N–H and O–H groups in total. The maximum absolute atomic E-state index is 12.0. The van der Waals surface area contributed by atoms with Crippen molar-refractivity contribution in [3.8, 4) is 0 Å². The van der Waals surface area contributed by atoms with Gasteiger partial charge in [-0.15, -0.1) is 0 Å². The van der Waals surface area contributed by atoms with Gasteiger partial charge in [0.2, 0.25) is 0 Å². The lowest BCUT2D eigenvalue weighted by molar-refractivity contribution is -0.299. The zero-order valence-corrected chi connectivity index (χ0v) is 30.5. The van der Waals surface area contributed by atoms with Crippen LogP contribution in [0.1, 0.15) is 113 Å². The second kappa shape index (κ2) is 13.5. The number of ether oxygens (including phenoxy) is 3. The summed E-state index contributed by atoms with van der Waals surface area (Å²) < 4.78 is 17.0. The molecule has 0 bridgehead atoms. The fourth-order valence-electron chi connectivity index (χ4n) is 12.3. The topological polar surface area (TPSA) is 166 Å². The molecule has 10 heteroatoms. The highest BCUT2D eigenvalue weighted by Crippen LogP contribution is 2.76. The van der Waals surface area contributed by atoms with Gasteiger partial charge in [0.1, 0.15) is 30.5 Å². The Morgan fingerprint density at radius 3 is 2.27 bits per heavy atom. The number of rotatable bonds is 9. The van der Waals surface area contributed by atoms with Gasteiger partial charge in [-0.3, -0.25) is 4.79 Å². The van der Waals surface area contributed by atoms with E-state index in [1.807, 2.05) is 19.9 Å². The molecule has 1 aliphatic heterocycles. The van der Waals surface area contributed by atoms with E-state index in [4.69, 9.17) is 14.2 Å². The fourth-order valence-corrected chi connectivity index (χ4v) is 12.3.